The summed E-state index contributed by atoms with van der Waals surface area (Å²) in [6.07, 6.45) is 3.24. The van der Waals surface area contributed by atoms with Gasteiger partial charge in [0.1, 0.15) is 5.82 Å². The third-order valence-electron chi connectivity index (χ3n) is 3.75. The maximum absolute atomic E-state index is 12.9. The average Bonchev–Trinajstić information content (AvgIpc) is 2.67. The number of carbonyl (C=O) groups is 2. The van der Waals surface area contributed by atoms with Crippen LogP contribution in [-0.4, -0.2) is 21.7 Å². The molecule has 0 atom stereocenters. The zero-order valence-electron chi connectivity index (χ0n) is 13.8. The number of pyridine rings is 2. The summed E-state index contributed by atoms with van der Waals surface area (Å²) in [5.74, 6) is -0.0306. The van der Waals surface area contributed by atoms with E-state index in [1.54, 1.807) is 48.8 Å². The van der Waals surface area contributed by atoms with Crippen LogP contribution in [0.4, 0.5) is 5.82 Å². The number of ketones is 1. The molecule has 0 N–H and O–H groups in total. The molecule has 0 aliphatic heterocycles. The second kappa shape index (κ2) is 7.49. The van der Waals surface area contributed by atoms with Gasteiger partial charge < -0.3 is 0 Å². The van der Waals surface area contributed by atoms with Crippen molar-refractivity contribution < 1.29 is 9.59 Å². The van der Waals surface area contributed by atoms with E-state index < -0.39 is 0 Å². The van der Waals surface area contributed by atoms with Crippen molar-refractivity contribution in [3.05, 3.63) is 89.9 Å². The van der Waals surface area contributed by atoms with Crippen molar-refractivity contribution >= 4 is 17.5 Å². The van der Waals surface area contributed by atoms with Crippen LogP contribution in [0.15, 0.2) is 73.1 Å². The quantitative estimate of drug-likeness (QED) is 0.673. The number of hydrogen-bond acceptors (Lipinski definition) is 4. The lowest BCUT2D eigenvalue weighted by Crippen LogP contribution is -2.30. The van der Waals surface area contributed by atoms with Crippen molar-refractivity contribution in [2.45, 2.75) is 13.5 Å². The number of hydrogen-bond donors (Lipinski definition) is 0. The van der Waals surface area contributed by atoms with Gasteiger partial charge in [0.25, 0.3) is 0 Å². The summed E-state index contributed by atoms with van der Waals surface area (Å²) < 4.78 is 0. The molecule has 124 valence electrons. The van der Waals surface area contributed by atoms with Gasteiger partial charge in [-0.15, -0.1) is 0 Å². The van der Waals surface area contributed by atoms with Crippen molar-refractivity contribution in [2.75, 3.05) is 4.90 Å². The molecule has 1 amide bonds. The molecule has 0 unspecified atom stereocenters. The van der Waals surface area contributed by atoms with Crippen molar-refractivity contribution in [3.63, 3.8) is 0 Å². The van der Waals surface area contributed by atoms with E-state index in [2.05, 4.69) is 9.97 Å². The van der Waals surface area contributed by atoms with Gasteiger partial charge in [-0.1, -0.05) is 36.4 Å². The number of amides is 1. The molecule has 1 aromatic carbocycles. The van der Waals surface area contributed by atoms with Crippen LogP contribution in [0.25, 0.3) is 0 Å². The van der Waals surface area contributed by atoms with E-state index in [4.69, 9.17) is 0 Å². The Kier molecular flexibility index (Phi) is 4.95. The molecule has 2 aromatic heterocycles. The summed E-state index contributed by atoms with van der Waals surface area (Å²) in [5, 5.41) is 0. The van der Waals surface area contributed by atoms with Crippen LogP contribution in [0, 0.1) is 0 Å². The van der Waals surface area contributed by atoms with Gasteiger partial charge in [0.15, 0.2) is 5.78 Å². The molecule has 5 heteroatoms. The van der Waals surface area contributed by atoms with Gasteiger partial charge in [-0.25, -0.2) is 4.98 Å². The standard InChI is InChI=1S/C20H17N3O2/c1-15(24)23(14-17-10-5-6-12-21-17)20-18(11-7-13-22-20)19(25)16-8-3-2-4-9-16/h2-13H,14H2,1H3. The molecule has 5 nitrogen and oxygen atoms in total. The minimum absolute atomic E-state index is 0.170. The Morgan fingerprint density at radius 2 is 1.60 bits per heavy atom. The summed E-state index contributed by atoms with van der Waals surface area (Å²) in [5.41, 5.74) is 1.67. The Balaban J connectivity index is 2.00. The lowest BCUT2D eigenvalue weighted by Gasteiger charge is -2.22. The summed E-state index contributed by atoms with van der Waals surface area (Å²) >= 11 is 0. The van der Waals surface area contributed by atoms with Gasteiger partial charge in [-0.2, -0.15) is 0 Å². The van der Waals surface area contributed by atoms with Gasteiger partial charge in [0.2, 0.25) is 5.91 Å². The molecule has 0 saturated heterocycles. The predicted octanol–water partition coefficient (Wildman–Crippen LogP) is 3.26. The first-order chi connectivity index (χ1) is 12.2. The van der Waals surface area contributed by atoms with E-state index in [1.165, 1.54) is 11.8 Å². The fourth-order valence-electron chi connectivity index (χ4n) is 2.52. The third kappa shape index (κ3) is 3.77. The highest BCUT2D eigenvalue weighted by Crippen LogP contribution is 2.22. The van der Waals surface area contributed by atoms with E-state index in [-0.39, 0.29) is 18.2 Å². The van der Waals surface area contributed by atoms with Gasteiger partial charge in [-0.05, 0) is 24.3 Å². The Bertz CT molecular complexity index is 880. The van der Waals surface area contributed by atoms with Gasteiger partial charge in [-0.3, -0.25) is 19.5 Å². The van der Waals surface area contributed by atoms with Crippen LogP contribution in [0.5, 0.6) is 0 Å². The van der Waals surface area contributed by atoms with E-state index in [0.717, 1.165) is 5.69 Å². The maximum Gasteiger partial charge on any atom is 0.225 e. The predicted molar refractivity (Wildman–Crippen MR) is 95.2 cm³/mol. The van der Waals surface area contributed by atoms with Crippen molar-refractivity contribution in [1.82, 2.24) is 9.97 Å². The molecule has 0 aliphatic carbocycles. The van der Waals surface area contributed by atoms with Crippen molar-refractivity contribution in [1.29, 1.82) is 0 Å². The second-order valence-corrected chi connectivity index (χ2v) is 5.50. The van der Waals surface area contributed by atoms with Crippen LogP contribution in [0.2, 0.25) is 0 Å². The fourth-order valence-corrected chi connectivity index (χ4v) is 2.52. The molecule has 3 aromatic rings. The van der Waals surface area contributed by atoms with Crippen LogP contribution in [0.1, 0.15) is 28.5 Å². The van der Waals surface area contributed by atoms with Crippen LogP contribution in [-0.2, 0) is 11.3 Å². The van der Waals surface area contributed by atoms with Crippen LogP contribution < -0.4 is 4.90 Å². The SMILES string of the molecule is CC(=O)N(Cc1ccccn1)c1ncccc1C(=O)c1ccccc1. The smallest absolute Gasteiger partial charge is 0.225 e. The molecular weight excluding hydrogens is 314 g/mol. The summed E-state index contributed by atoms with van der Waals surface area (Å²) in [6, 6.07) is 17.8. The summed E-state index contributed by atoms with van der Waals surface area (Å²) in [6.45, 7) is 1.71. The molecule has 0 spiro atoms. The lowest BCUT2D eigenvalue weighted by atomic mass is 10.0. The second-order valence-electron chi connectivity index (χ2n) is 5.50. The largest absolute Gasteiger partial charge is 0.290 e. The minimum Gasteiger partial charge on any atom is -0.290 e. The van der Waals surface area contributed by atoms with Gasteiger partial charge in [0.05, 0.1) is 17.8 Å². The topological polar surface area (TPSA) is 63.2 Å². The highest BCUT2D eigenvalue weighted by atomic mass is 16.2. The molecule has 25 heavy (non-hydrogen) atoms. The first-order valence-corrected chi connectivity index (χ1v) is 7.89. The fraction of sp³-hybridized carbons (Fsp3) is 0.100. The zero-order valence-corrected chi connectivity index (χ0v) is 13.8. The number of anilines is 1. The van der Waals surface area contributed by atoms with Crippen molar-refractivity contribution in [3.8, 4) is 0 Å². The Hall–Kier alpha value is -3.34. The number of aromatic nitrogens is 2. The molecule has 0 bridgehead atoms. The molecule has 3 rings (SSSR count). The minimum atomic E-state index is -0.202. The first-order valence-electron chi connectivity index (χ1n) is 7.89. The van der Waals surface area contributed by atoms with Crippen molar-refractivity contribution in [2.24, 2.45) is 0 Å². The molecule has 0 aliphatic rings. The van der Waals surface area contributed by atoms with Crippen LogP contribution in [0.3, 0.4) is 0 Å². The lowest BCUT2D eigenvalue weighted by molar-refractivity contribution is -0.116. The highest BCUT2D eigenvalue weighted by Gasteiger charge is 2.22. The molecule has 2 heterocycles. The van der Waals surface area contributed by atoms with E-state index >= 15 is 0 Å². The number of nitrogens with zero attached hydrogens (tertiary/aromatic N) is 3. The molecule has 0 radical (unpaired) electrons. The summed E-state index contributed by atoms with van der Waals surface area (Å²) in [4.78, 5) is 35.1. The number of carbonyl (C=O) groups excluding carboxylic acids is 2. The average molecular weight is 331 g/mol. The normalized spacial score (nSPS) is 10.3. The summed E-state index contributed by atoms with van der Waals surface area (Å²) in [7, 11) is 0. The first kappa shape index (κ1) is 16.5. The van der Waals surface area contributed by atoms with Gasteiger partial charge in [0, 0.05) is 24.9 Å². The van der Waals surface area contributed by atoms with Gasteiger partial charge >= 0.3 is 0 Å². The third-order valence-corrected chi connectivity index (χ3v) is 3.75. The molecular formula is C20H17N3O2. The number of benzene rings is 1. The Labute approximate surface area is 146 Å². The molecule has 0 saturated carbocycles. The van der Waals surface area contributed by atoms with E-state index in [1.807, 2.05) is 24.3 Å². The molecule has 0 fully saturated rings. The monoisotopic (exact) mass is 331 g/mol. The van der Waals surface area contributed by atoms with Crippen LogP contribution >= 0.6 is 0 Å². The van der Waals surface area contributed by atoms with E-state index in [0.29, 0.717) is 16.9 Å². The zero-order chi connectivity index (χ0) is 17.6. The highest BCUT2D eigenvalue weighted by molar-refractivity contribution is 6.13. The van der Waals surface area contributed by atoms with E-state index in [9.17, 15) is 9.59 Å². The number of rotatable bonds is 5. The Morgan fingerprint density at radius 1 is 0.880 bits per heavy atom. The Morgan fingerprint density at radius 3 is 2.28 bits per heavy atom. The maximum atomic E-state index is 12.9.